The van der Waals surface area contributed by atoms with Crippen LogP contribution in [-0.2, 0) is 9.53 Å². The predicted octanol–water partition coefficient (Wildman–Crippen LogP) is 3.07. The second-order valence-electron chi connectivity index (χ2n) is 5.52. The molecule has 140 valence electrons. The maximum absolute atomic E-state index is 12.3. The molecule has 0 amide bonds. The smallest absolute Gasteiger partial charge is 0.363 e. The van der Waals surface area contributed by atoms with Gasteiger partial charge in [-0.3, -0.25) is 0 Å². The molecule has 27 heavy (non-hydrogen) atoms. The fourth-order valence-corrected chi connectivity index (χ4v) is 2.60. The van der Waals surface area contributed by atoms with E-state index in [4.69, 9.17) is 23.7 Å². The minimum absolute atomic E-state index is 0.151. The van der Waals surface area contributed by atoms with Crippen LogP contribution in [0.15, 0.2) is 47.1 Å². The Morgan fingerprint density at radius 3 is 2.26 bits per heavy atom. The molecule has 0 saturated heterocycles. The summed E-state index contributed by atoms with van der Waals surface area (Å²) >= 11 is 0. The molecular weight excluding hydrogens is 350 g/mol. The summed E-state index contributed by atoms with van der Waals surface area (Å²) in [6.07, 6.45) is 1.58. The molecule has 0 aromatic heterocycles. The Balaban J connectivity index is 2.01. The van der Waals surface area contributed by atoms with E-state index in [9.17, 15) is 4.79 Å². The van der Waals surface area contributed by atoms with E-state index in [0.717, 1.165) is 0 Å². The summed E-state index contributed by atoms with van der Waals surface area (Å²) in [6.45, 7) is 0. The Labute approximate surface area is 156 Å². The van der Waals surface area contributed by atoms with Gasteiger partial charge in [-0.25, -0.2) is 9.79 Å². The van der Waals surface area contributed by atoms with Crippen LogP contribution in [0.25, 0.3) is 6.08 Å². The summed E-state index contributed by atoms with van der Waals surface area (Å²) in [5, 5.41) is 0. The van der Waals surface area contributed by atoms with Gasteiger partial charge in [0.1, 0.15) is 11.5 Å². The number of carbonyl (C=O) groups excluding carboxylic acids is 1. The highest BCUT2D eigenvalue weighted by Crippen LogP contribution is 2.36. The van der Waals surface area contributed by atoms with E-state index < -0.39 is 5.97 Å². The number of cyclic esters (lactones) is 1. The Morgan fingerprint density at radius 2 is 1.59 bits per heavy atom. The van der Waals surface area contributed by atoms with Crippen molar-refractivity contribution in [3.05, 3.63) is 53.2 Å². The van der Waals surface area contributed by atoms with Crippen LogP contribution in [0.2, 0.25) is 0 Å². The molecule has 7 heteroatoms. The molecule has 0 radical (unpaired) electrons. The summed E-state index contributed by atoms with van der Waals surface area (Å²) in [5.74, 6) is 1.84. The molecule has 2 aromatic carbocycles. The largest absolute Gasteiger partial charge is 0.497 e. The van der Waals surface area contributed by atoms with Crippen LogP contribution in [0.1, 0.15) is 11.1 Å². The number of rotatable bonds is 6. The van der Waals surface area contributed by atoms with Crippen molar-refractivity contribution in [2.75, 3.05) is 28.4 Å². The van der Waals surface area contributed by atoms with Gasteiger partial charge in [-0.05, 0) is 30.3 Å². The van der Waals surface area contributed by atoms with E-state index in [1.54, 1.807) is 49.6 Å². The first-order valence-corrected chi connectivity index (χ1v) is 8.06. The Morgan fingerprint density at radius 1 is 0.889 bits per heavy atom. The zero-order valence-electron chi connectivity index (χ0n) is 15.4. The molecule has 0 aliphatic carbocycles. The van der Waals surface area contributed by atoms with Gasteiger partial charge >= 0.3 is 5.97 Å². The zero-order chi connectivity index (χ0) is 19.4. The average molecular weight is 369 g/mol. The standard InChI is InChI=1S/C20H19NO6/c1-23-14-7-5-6-12(8-14)19-21-15(20(22)27-19)9-13-10-17(25-3)18(26-4)11-16(13)24-2/h5-11H,1-4H3/b15-9+. The van der Waals surface area contributed by atoms with Crippen LogP contribution >= 0.6 is 0 Å². The van der Waals surface area contributed by atoms with Crippen molar-refractivity contribution in [3.63, 3.8) is 0 Å². The lowest BCUT2D eigenvalue weighted by molar-refractivity contribution is -0.129. The van der Waals surface area contributed by atoms with E-state index in [-0.39, 0.29) is 11.6 Å². The van der Waals surface area contributed by atoms with Crippen LogP contribution in [0.4, 0.5) is 0 Å². The van der Waals surface area contributed by atoms with E-state index in [1.165, 1.54) is 21.3 Å². The van der Waals surface area contributed by atoms with Crippen molar-refractivity contribution >= 4 is 17.9 Å². The van der Waals surface area contributed by atoms with Crippen molar-refractivity contribution in [1.82, 2.24) is 0 Å². The van der Waals surface area contributed by atoms with Crippen LogP contribution in [0, 0.1) is 0 Å². The normalized spacial score (nSPS) is 14.6. The van der Waals surface area contributed by atoms with Gasteiger partial charge in [-0.1, -0.05) is 6.07 Å². The highest BCUT2D eigenvalue weighted by Gasteiger charge is 2.25. The monoisotopic (exact) mass is 369 g/mol. The molecule has 0 spiro atoms. The van der Waals surface area contributed by atoms with Gasteiger partial charge in [0.15, 0.2) is 17.2 Å². The maximum atomic E-state index is 12.3. The minimum Gasteiger partial charge on any atom is -0.497 e. The topological polar surface area (TPSA) is 75.6 Å². The number of methoxy groups -OCH3 is 4. The number of ether oxygens (including phenoxy) is 5. The molecule has 1 aliphatic rings. The fourth-order valence-electron chi connectivity index (χ4n) is 2.60. The van der Waals surface area contributed by atoms with Gasteiger partial charge in [0.2, 0.25) is 5.90 Å². The van der Waals surface area contributed by atoms with Crippen molar-refractivity contribution in [3.8, 4) is 23.0 Å². The third-order valence-corrected chi connectivity index (χ3v) is 3.97. The second-order valence-corrected chi connectivity index (χ2v) is 5.52. The first-order valence-electron chi connectivity index (χ1n) is 8.06. The molecule has 3 rings (SSSR count). The van der Waals surface area contributed by atoms with Gasteiger partial charge in [0.05, 0.1) is 28.4 Å². The molecule has 0 fully saturated rings. The quantitative estimate of drug-likeness (QED) is 0.575. The van der Waals surface area contributed by atoms with Gasteiger partial charge in [-0.15, -0.1) is 0 Å². The number of carbonyl (C=O) groups is 1. The van der Waals surface area contributed by atoms with Crippen molar-refractivity contribution in [2.45, 2.75) is 0 Å². The third kappa shape index (κ3) is 3.72. The summed E-state index contributed by atoms with van der Waals surface area (Å²) in [6, 6.07) is 10.5. The lowest BCUT2D eigenvalue weighted by Gasteiger charge is -2.12. The molecule has 0 unspecified atom stereocenters. The molecule has 0 N–H and O–H groups in total. The second kappa shape index (κ2) is 7.82. The predicted molar refractivity (Wildman–Crippen MR) is 99.7 cm³/mol. The summed E-state index contributed by atoms with van der Waals surface area (Å²) in [7, 11) is 6.16. The zero-order valence-corrected chi connectivity index (χ0v) is 15.4. The van der Waals surface area contributed by atoms with Gasteiger partial charge in [-0.2, -0.15) is 0 Å². The van der Waals surface area contributed by atoms with Gasteiger partial charge in [0, 0.05) is 17.2 Å². The molecule has 0 atom stereocenters. The van der Waals surface area contributed by atoms with Gasteiger partial charge in [0.25, 0.3) is 0 Å². The first kappa shape index (κ1) is 18.3. The average Bonchev–Trinajstić information content (AvgIpc) is 3.08. The lowest BCUT2D eigenvalue weighted by Crippen LogP contribution is -2.05. The van der Waals surface area contributed by atoms with E-state index in [1.807, 2.05) is 0 Å². The van der Waals surface area contributed by atoms with Gasteiger partial charge < -0.3 is 23.7 Å². The molecule has 2 aromatic rings. The molecule has 0 saturated carbocycles. The van der Waals surface area contributed by atoms with Crippen LogP contribution < -0.4 is 18.9 Å². The molecular formula is C20H19NO6. The van der Waals surface area contributed by atoms with E-state index in [2.05, 4.69) is 4.99 Å². The fraction of sp³-hybridized carbons (Fsp3) is 0.200. The van der Waals surface area contributed by atoms with Crippen molar-refractivity contribution in [1.29, 1.82) is 0 Å². The Bertz CT molecular complexity index is 932. The third-order valence-electron chi connectivity index (χ3n) is 3.97. The summed E-state index contributed by atoms with van der Waals surface area (Å²) in [4.78, 5) is 16.6. The summed E-state index contributed by atoms with van der Waals surface area (Å²) in [5.41, 5.74) is 1.40. The van der Waals surface area contributed by atoms with Crippen molar-refractivity contribution in [2.24, 2.45) is 4.99 Å². The highest BCUT2D eigenvalue weighted by atomic mass is 16.6. The van der Waals surface area contributed by atoms with E-state index >= 15 is 0 Å². The Kier molecular flexibility index (Phi) is 5.30. The number of aliphatic imine (C=N–C) groups is 1. The number of esters is 1. The van der Waals surface area contributed by atoms with Crippen LogP contribution in [0.3, 0.4) is 0 Å². The number of nitrogens with zero attached hydrogens (tertiary/aromatic N) is 1. The molecule has 7 nitrogen and oxygen atoms in total. The van der Waals surface area contributed by atoms with Crippen LogP contribution in [-0.4, -0.2) is 40.3 Å². The molecule has 0 bridgehead atoms. The number of benzene rings is 2. The molecule has 1 heterocycles. The van der Waals surface area contributed by atoms with E-state index in [0.29, 0.717) is 34.1 Å². The molecule has 1 aliphatic heterocycles. The van der Waals surface area contributed by atoms with Crippen LogP contribution in [0.5, 0.6) is 23.0 Å². The highest BCUT2D eigenvalue weighted by molar-refractivity contribution is 6.13. The minimum atomic E-state index is -0.551. The lowest BCUT2D eigenvalue weighted by atomic mass is 10.1. The SMILES string of the molecule is COc1cccc(C2=N/C(=C/c3cc(OC)c(OC)cc3OC)C(=O)O2)c1. The Hall–Kier alpha value is -3.48. The maximum Gasteiger partial charge on any atom is 0.363 e. The van der Waals surface area contributed by atoms with Crippen molar-refractivity contribution < 1.29 is 28.5 Å². The summed E-state index contributed by atoms with van der Waals surface area (Å²) < 4.78 is 26.4. The number of hydrogen-bond donors (Lipinski definition) is 0. The number of hydrogen-bond acceptors (Lipinski definition) is 7. The first-order chi connectivity index (χ1) is 13.1.